The van der Waals surface area contributed by atoms with Gasteiger partial charge in [0.15, 0.2) is 11.5 Å². The molecule has 1 aliphatic heterocycles. The third-order valence-electron chi connectivity index (χ3n) is 2.10. The number of carbonyl (C=O) groups is 2. The number of fused-ring (bicyclic) bond motifs is 1. The van der Waals surface area contributed by atoms with Crippen LogP contribution >= 0.6 is 11.6 Å². The van der Waals surface area contributed by atoms with Crippen LogP contribution < -0.4 is 14.8 Å². The van der Waals surface area contributed by atoms with E-state index in [0.717, 1.165) is 12.2 Å². The average molecular weight is 270 g/mol. The number of carbonyl (C=O) groups excluding carboxylic acids is 1. The lowest BCUT2D eigenvalue weighted by atomic mass is 10.2. The van der Waals surface area contributed by atoms with Gasteiger partial charge in [0.05, 0.1) is 10.7 Å². The maximum atomic E-state index is 11.4. The summed E-state index contributed by atoms with van der Waals surface area (Å²) in [7, 11) is 0. The summed E-state index contributed by atoms with van der Waals surface area (Å²) in [5.41, 5.74) is 0.320. The summed E-state index contributed by atoms with van der Waals surface area (Å²) < 4.78 is 10.2. The van der Waals surface area contributed by atoms with Gasteiger partial charge in [0.2, 0.25) is 12.7 Å². The van der Waals surface area contributed by atoms with Crippen molar-refractivity contribution in [2.24, 2.45) is 0 Å². The lowest BCUT2D eigenvalue weighted by molar-refractivity contribution is -0.131. The van der Waals surface area contributed by atoms with Gasteiger partial charge in [-0.3, -0.25) is 4.79 Å². The smallest absolute Gasteiger partial charge is 0.328 e. The number of nitrogens with one attached hydrogen (secondary N) is 1. The molecule has 0 unspecified atom stereocenters. The van der Waals surface area contributed by atoms with E-state index in [0.29, 0.717) is 17.2 Å². The lowest BCUT2D eigenvalue weighted by Gasteiger charge is -2.06. The molecule has 2 rings (SSSR count). The zero-order chi connectivity index (χ0) is 13.1. The number of anilines is 1. The summed E-state index contributed by atoms with van der Waals surface area (Å²) in [6, 6.07) is 3.03. The second-order valence-electron chi connectivity index (χ2n) is 3.35. The number of benzene rings is 1. The Balaban J connectivity index is 2.15. The Morgan fingerprint density at radius 1 is 1.28 bits per heavy atom. The maximum Gasteiger partial charge on any atom is 0.328 e. The highest BCUT2D eigenvalue weighted by atomic mass is 35.5. The van der Waals surface area contributed by atoms with Gasteiger partial charge in [0, 0.05) is 24.3 Å². The van der Waals surface area contributed by atoms with E-state index < -0.39 is 11.9 Å². The second kappa shape index (κ2) is 4.97. The summed E-state index contributed by atoms with van der Waals surface area (Å²) >= 11 is 5.92. The fraction of sp³-hybridized carbons (Fsp3) is 0.0909. The number of ether oxygens (including phenoxy) is 2. The molecule has 18 heavy (non-hydrogen) atoms. The molecule has 1 aromatic rings. The molecule has 1 amide bonds. The average Bonchev–Trinajstić information content (AvgIpc) is 2.74. The molecule has 0 atom stereocenters. The summed E-state index contributed by atoms with van der Waals surface area (Å²) in [4.78, 5) is 21.6. The Morgan fingerprint density at radius 2 is 1.94 bits per heavy atom. The number of aliphatic carboxylic acids is 1. The highest BCUT2D eigenvalue weighted by Crippen LogP contribution is 2.39. The third-order valence-corrected chi connectivity index (χ3v) is 2.41. The van der Waals surface area contributed by atoms with Crippen LogP contribution in [0.25, 0.3) is 0 Å². The fourth-order valence-corrected chi connectivity index (χ4v) is 1.54. The molecule has 7 heteroatoms. The van der Waals surface area contributed by atoms with E-state index in [9.17, 15) is 9.59 Å². The van der Waals surface area contributed by atoms with Crippen LogP contribution in [0.3, 0.4) is 0 Å². The lowest BCUT2D eigenvalue weighted by Crippen LogP contribution is -2.09. The van der Waals surface area contributed by atoms with Crippen LogP contribution in [0, 0.1) is 0 Å². The van der Waals surface area contributed by atoms with Crippen LogP contribution in [0.4, 0.5) is 5.69 Å². The van der Waals surface area contributed by atoms with Crippen LogP contribution in [0.5, 0.6) is 11.5 Å². The molecule has 0 fully saturated rings. The highest BCUT2D eigenvalue weighted by Gasteiger charge is 2.17. The number of carboxylic acids is 1. The summed E-state index contributed by atoms with van der Waals surface area (Å²) in [5.74, 6) is -0.837. The Kier molecular flexibility index (Phi) is 3.38. The van der Waals surface area contributed by atoms with E-state index in [1.807, 2.05) is 0 Å². The molecule has 0 radical (unpaired) electrons. The van der Waals surface area contributed by atoms with Crippen molar-refractivity contribution in [1.29, 1.82) is 0 Å². The standard InChI is InChI=1S/C11H8ClNO5/c12-6-3-8-9(18-5-17-8)4-7(6)13-10(14)1-2-11(15)16/h1-4H,5H2,(H,13,14)(H,15,16)/b2-1+. The highest BCUT2D eigenvalue weighted by molar-refractivity contribution is 6.34. The molecular weight excluding hydrogens is 262 g/mol. The van der Waals surface area contributed by atoms with Gasteiger partial charge in [-0.15, -0.1) is 0 Å². The molecule has 94 valence electrons. The molecular formula is C11H8ClNO5. The predicted molar refractivity (Wildman–Crippen MR) is 63.0 cm³/mol. The molecule has 1 heterocycles. The van der Waals surface area contributed by atoms with E-state index >= 15 is 0 Å². The number of amides is 1. The largest absolute Gasteiger partial charge is 0.478 e. The van der Waals surface area contributed by atoms with Crippen molar-refractivity contribution in [2.75, 3.05) is 12.1 Å². The third kappa shape index (κ3) is 2.72. The van der Waals surface area contributed by atoms with Gasteiger partial charge in [0.25, 0.3) is 0 Å². The van der Waals surface area contributed by atoms with Crippen LogP contribution in [-0.2, 0) is 9.59 Å². The van der Waals surface area contributed by atoms with Crippen LogP contribution in [-0.4, -0.2) is 23.8 Å². The van der Waals surface area contributed by atoms with Crippen molar-refractivity contribution in [3.8, 4) is 11.5 Å². The minimum atomic E-state index is -1.21. The molecule has 6 nitrogen and oxygen atoms in total. The van der Waals surface area contributed by atoms with Gasteiger partial charge in [0.1, 0.15) is 0 Å². The molecule has 0 spiro atoms. The van der Waals surface area contributed by atoms with Crippen molar-refractivity contribution in [1.82, 2.24) is 0 Å². The second-order valence-corrected chi connectivity index (χ2v) is 3.75. The van der Waals surface area contributed by atoms with E-state index in [1.54, 1.807) is 0 Å². The minimum absolute atomic E-state index is 0.0992. The molecule has 0 aliphatic carbocycles. The summed E-state index contributed by atoms with van der Waals surface area (Å²) in [6.45, 7) is 0.0992. The Bertz CT molecular complexity index is 540. The van der Waals surface area contributed by atoms with Crippen molar-refractivity contribution < 1.29 is 24.2 Å². The van der Waals surface area contributed by atoms with E-state index in [-0.39, 0.29) is 11.8 Å². The van der Waals surface area contributed by atoms with E-state index in [2.05, 4.69) is 5.32 Å². The van der Waals surface area contributed by atoms with E-state index in [1.165, 1.54) is 12.1 Å². The quantitative estimate of drug-likeness (QED) is 0.815. The predicted octanol–water partition coefficient (Wildman–Crippen LogP) is 1.65. The number of carboxylic acid groups (broad SMARTS) is 1. The molecule has 0 saturated heterocycles. The Labute approximate surface area is 107 Å². The van der Waals surface area contributed by atoms with Crippen molar-refractivity contribution in [3.63, 3.8) is 0 Å². The Morgan fingerprint density at radius 3 is 2.61 bits per heavy atom. The van der Waals surface area contributed by atoms with Crippen LogP contribution in [0.15, 0.2) is 24.3 Å². The maximum absolute atomic E-state index is 11.4. The number of hydrogen-bond donors (Lipinski definition) is 2. The van der Waals surface area contributed by atoms with Gasteiger partial charge in [-0.25, -0.2) is 4.79 Å². The molecule has 1 aromatic carbocycles. The monoisotopic (exact) mass is 269 g/mol. The van der Waals surface area contributed by atoms with Gasteiger partial charge >= 0.3 is 5.97 Å². The zero-order valence-electron chi connectivity index (χ0n) is 8.97. The zero-order valence-corrected chi connectivity index (χ0v) is 9.73. The molecule has 2 N–H and O–H groups in total. The summed E-state index contributed by atoms with van der Waals surface area (Å²) in [6.07, 6.45) is 1.62. The molecule has 1 aliphatic rings. The van der Waals surface area contributed by atoms with Gasteiger partial charge in [-0.1, -0.05) is 11.6 Å². The first-order valence-electron chi connectivity index (χ1n) is 4.87. The number of hydrogen-bond acceptors (Lipinski definition) is 4. The first-order valence-corrected chi connectivity index (χ1v) is 5.25. The van der Waals surface area contributed by atoms with Crippen LogP contribution in [0.2, 0.25) is 5.02 Å². The van der Waals surface area contributed by atoms with Crippen LogP contribution in [0.1, 0.15) is 0 Å². The van der Waals surface area contributed by atoms with Crippen molar-refractivity contribution in [2.45, 2.75) is 0 Å². The first kappa shape index (κ1) is 12.3. The normalized spacial score (nSPS) is 12.7. The SMILES string of the molecule is O=C(O)/C=C/C(=O)Nc1cc2c(cc1Cl)OCO2. The Hall–Kier alpha value is -2.21. The van der Waals surface area contributed by atoms with E-state index in [4.69, 9.17) is 26.2 Å². The topological polar surface area (TPSA) is 84.9 Å². The number of rotatable bonds is 3. The van der Waals surface area contributed by atoms with Crippen molar-refractivity contribution in [3.05, 3.63) is 29.3 Å². The minimum Gasteiger partial charge on any atom is -0.478 e. The van der Waals surface area contributed by atoms with Crippen molar-refractivity contribution >= 4 is 29.2 Å². The molecule has 0 saturated carbocycles. The summed E-state index contributed by atoms with van der Waals surface area (Å²) in [5, 5.41) is 11.1. The van der Waals surface area contributed by atoms with Gasteiger partial charge in [-0.05, 0) is 0 Å². The van der Waals surface area contributed by atoms with Gasteiger partial charge < -0.3 is 19.9 Å². The molecule has 0 aromatic heterocycles. The number of halogens is 1. The first-order chi connectivity index (χ1) is 8.56. The fourth-order valence-electron chi connectivity index (χ4n) is 1.33. The van der Waals surface area contributed by atoms with Gasteiger partial charge in [-0.2, -0.15) is 0 Å². The molecule has 0 bridgehead atoms.